The molecule has 1 unspecified atom stereocenters. The molecule has 0 radical (unpaired) electrons. The molecule has 0 fully saturated rings. The van der Waals surface area contributed by atoms with Crippen LogP contribution in [0.25, 0.3) is 0 Å². The lowest BCUT2D eigenvalue weighted by Crippen LogP contribution is -2.40. The molecule has 0 aliphatic carbocycles. The van der Waals surface area contributed by atoms with Crippen molar-refractivity contribution in [1.29, 1.82) is 0 Å². The number of hydrogen-bond donors (Lipinski definition) is 0. The molecule has 1 aromatic heterocycles. The third-order valence-corrected chi connectivity index (χ3v) is 2.89. The third kappa shape index (κ3) is 2.06. The Morgan fingerprint density at radius 1 is 1.00 bits per heavy atom. The molecule has 17 heavy (non-hydrogen) atoms. The highest BCUT2D eigenvalue weighted by molar-refractivity contribution is 5.19. The summed E-state index contributed by atoms with van der Waals surface area (Å²) in [5, 5.41) is 0. The molecule has 2 aromatic rings. The molecule has 0 bridgehead atoms. The number of benzene rings is 1. The second-order valence-corrected chi connectivity index (χ2v) is 4.01. The summed E-state index contributed by atoms with van der Waals surface area (Å²) in [6, 6.07) is 9.49. The van der Waals surface area contributed by atoms with Crippen molar-refractivity contribution in [3.05, 3.63) is 69.0 Å². The standard InChI is InChI=1S/C13H14N2O2/c1-10(11-6-4-3-5-7-11)15-9-8-14(2)12(16)13(15)17/h3-10H,1-2H3. The molecular formula is C13H14N2O2. The molecule has 4 nitrogen and oxygen atoms in total. The van der Waals surface area contributed by atoms with Crippen molar-refractivity contribution in [3.63, 3.8) is 0 Å². The molecule has 0 saturated carbocycles. The van der Waals surface area contributed by atoms with Gasteiger partial charge in [0, 0.05) is 19.4 Å². The van der Waals surface area contributed by atoms with Crippen molar-refractivity contribution in [2.45, 2.75) is 13.0 Å². The Hall–Kier alpha value is -2.10. The largest absolute Gasteiger partial charge is 0.316 e. The summed E-state index contributed by atoms with van der Waals surface area (Å²) in [5.74, 6) is 0. The van der Waals surface area contributed by atoms with Crippen molar-refractivity contribution >= 4 is 0 Å². The van der Waals surface area contributed by atoms with E-state index in [9.17, 15) is 9.59 Å². The molecule has 0 aliphatic heterocycles. The minimum absolute atomic E-state index is 0.141. The topological polar surface area (TPSA) is 44.0 Å². The first-order chi connectivity index (χ1) is 8.11. The average Bonchev–Trinajstić information content (AvgIpc) is 2.36. The fraction of sp³-hybridized carbons (Fsp3) is 0.231. The number of nitrogens with zero attached hydrogens (tertiary/aromatic N) is 2. The van der Waals surface area contributed by atoms with Crippen molar-refractivity contribution in [3.8, 4) is 0 Å². The molecule has 0 N–H and O–H groups in total. The van der Waals surface area contributed by atoms with E-state index < -0.39 is 11.1 Å². The van der Waals surface area contributed by atoms with Gasteiger partial charge in [0.2, 0.25) is 0 Å². The van der Waals surface area contributed by atoms with Gasteiger partial charge in [0.15, 0.2) is 0 Å². The van der Waals surface area contributed by atoms with E-state index in [0.717, 1.165) is 5.56 Å². The first-order valence-corrected chi connectivity index (χ1v) is 5.44. The molecule has 2 rings (SSSR count). The minimum Gasteiger partial charge on any atom is -0.312 e. The second-order valence-electron chi connectivity index (χ2n) is 4.01. The van der Waals surface area contributed by atoms with Crippen LogP contribution in [0.3, 0.4) is 0 Å². The fourth-order valence-corrected chi connectivity index (χ4v) is 1.77. The van der Waals surface area contributed by atoms with Crippen LogP contribution in [0.1, 0.15) is 18.5 Å². The zero-order chi connectivity index (χ0) is 12.4. The van der Waals surface area contributed by atoms with E-state index in [4.69, 9.17) is 0 Å². The summed E-state index contributed by atoms with van der Waals surface area (Å²) in [6.07, 6.45) is 3.24. The maximum Gasteiger partial charge on any atom is 0.316 e. The number of rotatable bonds is 2. The van der Waals surface area contributed by atoms with Crippen molar-refractivity contribution in [1.82, 2.24) is 9.13 Å². The van der Waals surface area contributed by atoms with Gasteiger partial charge >= 0.3 is 11.1 Å². The average molecular weight is 230 g/mol. The molecule has 88 valence electrons. The SMILES string of the molecule is CC(c1ccccc1)n1ccn(C)c(=O)c1=O. The quantitative estimate of drug-likeness (QED) is 0.726. The Bertz CT molecular complexity index is 626. The van der Waals surface area contributed by atoms with E-state index in [1.54, 1.807) is 19.4 Å². The normalized spacial score (nSPS) is 12.4. The summed E-state index contributed by atoms with van der Waals surface area (Å²) in [4.78, 5) is 23.4. The van der Waals surface area contributed by atoms with Crippen molar-refractivity contribution in [2.75, 3.05) is 0 Å². The molecule has 1 heterocycles. The first kappa shape index (κ1) is 11.4. The zero-order valence-corrected chi connectivity index (χ0v) is 9.83. The highest BCUT2D eigenvalue weighted by atomic mass is 16.2. The Morgan fingerprint density at radius 3 is 2.29 bits per heavy atom. The van der Waals surface area contributed by atoms with Crippen LogP contribution in [0.2, 0.25) is 0 Å². The third-order valence-electron chi connectivity index (χ3n) is 2.89. The maximum atomic E-state index is 11.8. The number of aryl methyl sites for hydroxylation is 1. The van der Waals surface area contributed by atoms with Gasteiger partial charge in [-0.05, 0) is 12.5 Å². The van der Waals surface area contributed by atoms with Gasteiger partial charge in [-0.2, -0.15) is 0 Å². The predicted octanol–water partition coefficient (Wildman–Crippen LogP) is 1.16. The Labute approximate surface area is 98.8 Å². The van der Waals surface area contributed by atoms with Gasteiger partial charge in [-0.25, -0.2) is 0 Å². The summed E-state index contributed by atoms with van der Waals surface area (Å²) >= 11 is 0. The molecule has 4 heteroatoms. The lowest BCUT2D eigenvalue weighted by molar-refractivity contribution is 0.589. The van der Waals surface area contributed by atoms with Crippen LogP contribution in [0.4, 0.5) is 0 Å². The Balaban J connectivity index is 2.53. The van der Waals surface area contributed by atoms with E-state index in [1.165, 1.54) is 9.13 Å². The summed E-state index contributed by atoms with van der Waals surface area (Å²) in [7, 11) is 1.57. The van der Waals surface area contributed by atoms with Gasteiger partial charge in [-0.3, -0.25) is 9.59 Å². The molecule has 1 atom stereocenters. The van der Waals surface area contributed by atoms with Crippen LogP contribution in [-0.2, 0) is 7.05 Å². The van der Waals surface area contributed by atoms with Gasteiger partial charge in [0.25, 0.3) is 0 Å². The van der Waals surface area contributed by atoms with Crippen LogP contribution in [0.15, 0.2) is 52.3 Å². The van der Waals surface area contributed by atoms with Crippen LogP contribution >= 0.6 is 0 Å². The van der Waals surface area contributed by atoms with Crippen LogP contribution in [-0.4, -0.2) is 9.13 Å². The van der Waals surface area contributed by atoms with E-state index in [-0.39, 0.29) is 6.04 Å². The van der Waals surface area contributed by atoms with E-state index >= 15 is 0 Å². The van der Waals surface area contributed by atoms with Crippen LogP contribution in [0, 0.1) is 0 Å². The minimum atomic E-state index is -0.504. The Kier molecular flexibility index (Phi) is 2.95. The molecule has 0 saturated heterocycles. The van der Waals surface area contributed by atoms with Crippen LogP contribution in [0.5, 0.6) is 0 Å². The van der Waals surface area contributed by atoms with Gasteiger partial charge in [0.1, 0.15) is 0 Å². The van der Waals surface area contributed by atoms with Crippen molar-refractivity contribution in [2.24, 2.45) is 7.05 Å². The van der Waals surface area contributed by atoms with Gasteiger partial charge < -0.3 is 9.13 Å². The highest BCUT2D eigenvalue weighted by Crippen LogP contribution is 2.14. The monoisotopic (exact) mass is 230 g/mol. The number of hydrogen-bond acceptors (Lipinski definition) is 2. The lowest BCUT2D eigenvalue weighted by Gasteiger charge is -2.15. The van der Waals surface area contributed by atoms with E-state index in [1.807, 2.05) is 37.3 Å². The zero-order valence-electron chi connectivity index (χ0n) is 9.83. The summed E-state index contributed by atoms with van der Waals surface area (Å²) in [5.41, 5.74) is 0.00415. The Morgan fingerprint density at radius 2 is 1.65 bits per heavy atom. The van der Waals surface area contributed by atoms with Crippen molar-refractivity contribution < 1.29 is 0 Å². The smallest absolute Gasteiger partial charge is 0.312 e. The first-order valence-electron chi connectivity index (χ1n) is 5.44. The molecule has 1 aromatic carbocycles. The molecule has 0 amide bonds. The van der Waals surface area contributed by atoms with Gasteiger partial charge in [-0.15, -0.1) is 0 Å². The molecular weight excluding hydrogens is 216 g/mol. The highest BCUT2D eigenvalue weighted by Gasteiger charge is 2.10. The summed E-state index contributed by atoms with van der Waals surface area (Å²) in [6.45, 7) is 1.90. The maximum absolute atomic E-state index is 11.8. The predicted molar refractivity (Wildman–Crippen MR) is 66.2 cm³/mol. The fourth-order valence-electron chi connectivity index (χ4n) is 1.77. The summed E-state index contributed by atoms with van der Waals surface area (Å²) < 4.78 is 2.74. The molecule has 0 aliphatic rings. The lowest BCUT2D eigenvalue weighted by atomic mass is 10.1. The second kappa shape index (κ2) is 4.41. The molecule has 0 spiro atoms. The van der Waals surface area contributed by atoms with Crippen LogP contribution < -0.4 is 11.1 Å². The van der Waals surface area contributed by atoms with E-state index in [2.05, 4.69) is 0 Å². The van der Waals surface area contributed by atoms with E-state index in [0.29, 0.717) is 0 Å². The number of aromatic nitrogens is 2. The van der Waals surface area contributed by atoms with Gasteiger partial charge in [0.05, 0.1) is 6.04 Å². The van der Waals surface area contributed by atoms with Gasteiger partial charge in [-0.1, -0.05) is 30.3 Å².